The number of para-hydroxylation sites is 1. The van der Waals surface area contributed by atoms with E-state index in [1.807, 2.05) is 35.5 Å². The molecule has 2 amide bonds. The van der Waals surface area contributed by atoms with Gasteiger partial charge in [-0.25, -0.2) is 0 Å². The van der Waals surface area contributed by atoms with Gasteiger partial charge in [0.25, 0.3) is 0 Å². The number of pyridine rings is 1. The number of benzene rings is 1. The Bertz CT molecular complexity index is 991. The van der Waals surface area contributed by atoms with Crippen molar-refractivity contribution in [1.29, 1.82) is 0 Å². The molecule has 0 spiro atoms. The number of amides is 2. The number of fused-ring (bicyclic) bond motifs is 3. The van der Waals surface area contributed by atoms with Gasteiger partial charge < -0.3 is 9.80 Å². The number of hydrogen-bond donors (Lipinski definition) is 0. The first-order valence-electron chi connectivity index (χ1n) is 12.4. The molecule has 2 unspecified atom stereocenters. The molecule has 1 aromatic heterocycles. The van der Waals surface area contributed by atoms with Crippen LogP contribution in [0.25, 0.3) is 0 Å². The molecule has 6 heteroatoms. The number of carbonyl (C=O) groups is 2. The zero-order chi connectivity index (χ0) is 22.8. The van der Waals surface area contributed by atoms with Crippen LogP contribution in [-0.2, 0) is 22.7 Å². The highest BCUT2D eigenvalue weighted by atomic mass is 16.2. The third-order valence-electron chi connectivity index (χ3n) is 7.54. The Hall–Kier alpha value is -2.73. The number of rotatable bonds is 4. The fourth-order valence-electron chi connectivity index (χ4n) is 5.52. The first-order chi connectivity index (χ1) is 16.1. The lowest BCUT2D eigenvalue weighted by molar-refractivity contribution is -0.133. The van der Waals surface area contributed by atoms with Gasteiger partial charge in [-0.15, -0.1) is 0 Å². The van der Waals surface area contributed by atoms with E-state index in [-0.39, 0.29) is 11.8 Å². The lowest BCUT2D eigenvalue weighted by Crippen LogP contribution is -2.45. The predicted octanol–water partition coefficient (Wildman–Crippen LogP) is 4.00. The average molecular weight is 447 g/mol. The molecule has 3 heterocycles. The van der Waals surface area contributed by atoms with Gasteiger partial charge in [-0.1, -0.05) is 18.2 Å². The highest BCUT2D eigenvalue weighted by Gasteiger charge is 2.37. The fraction of sp³-hybridized carbons (Fsp3) is 0.519. The van der Waals surface area contributed by atoms with E-state index in [1.165, 1.54) is 18.4 Å². The number of nitrogens with zero attached hydrogens (tertiary/aromatic N) is 4. The first kappa shape index (κ1) is 22.1. The molecule has 3 aliphatic rings. The summed E-state index contributed by atoms with van der Waals surface area (Å²) in [5.74, 6) is 0.880. The standard InChI is InChI=1S/C27H34N4O2/c1-20(32)30-15-12-24-8-9-25(31(24)17-22-10-13-28-14-11-22)19-29(27(33)16-21-6-7-21)18-23-4-2-3-5-26(23)30/h2-5,10-11,13-14,21,24-25H,6-9,12,15-19H2,1H3. The van der Waals surface area contributed by atoms with Crippen molar-refractivity contribution in [1.82, 2.24) is 14.8 Å². The van der Waals surface area contributed by atoms with E-state index in [0.717, 1.165) is 43.6 Å². The third kappa shape index (κ3) is 5.11. The van der Waals surface area contributed by atoms with E-state index in [0.29, 0.717) is 37.5 Å². The summed E-state index contributed by atoms with van der Waals surface area (Å²) >= 11 is 0. The quantitative estimate of drug-likeness (QED) is 0.712. The summed E-state index contributed by atoms with van der Waals surface area (Å²) in [6.45, 7) is 4.53. The summed E-state index contributed by atoms with van der Waals surface area (Å²) in [7, 11) is 0. The highest BCUT2D eigenvalue weighted by molar-refractivity contribution is 5.92. The van der Waals surface area contributed by atoms with Crippen molar-refractivity contribution in [3.63, 3.8) is 0 Å². The molecular weight excluding hydrogens is 412 g/mol. The zero-order valence-corrected chi connectivity index (χ0v) is 19.5. The Morgan fingerprint density at radius 2 is 1.73 bits per heavy atom. The van der Waals surface area contributed by atoms with Gasteiger partial charge in [0.15, 0.2) is 0 Å². The molecule has 1 saturated heterocycles. The number of hydrogen-bond acceptors (Lipinski definition) is 4. The van der Waals surface area contributed by atoms with Gasteiger partial charge in [-0.3, -0.25) is 19.5 Å². The fourth-order valence-corrected chi connectivity index (χ4v) is 5.52. The van der Waals surface area contributed by atoms with Crippen LogP contribution in [0, 0.1) is 5.92 Å². The van der Waals surface area contributed by atoms with Crippen molar-refractivity contribution in [2.45, 2.75) is 70.6 Å². The van der Waals surface area contributed by atoms with Crippen LogP contribution in [0.5, 0.6) is 0 Å². The van der Waals surface area contributed by atoms with Crippen molar-refractivity contribution < 1.29 is 9.59 Å². The monoisotopic (exact) mass is 446 g/mol. The molecule has 5 rings (SSSR count). The van der Waals surface area contributed by atoms with Crippen molar-refractivity contribution in [2.24, 2.45) is 5.92 Å². The van der Waals surface area contributed by atoms with E-state index < -0.39 is 0 Å². The Morgan fingerprint density at radius 1 is 0.970 bits per heavy atom. The maximum absolute atomic E-state index is 13.4. The van der Waals surface area contributed by atoms with Crippen LogP contribution in [0.1, 0.15) is 56.6 Å². The minimum atomic E-state index is 0.0628. The van der Waals surface area contributed by atoms with Gasteiger partial charge in [0.1, 0.15) is 0 Å². The van der Waals surface area contributed by atoms with E-state index in [2.05, 4.69) is 33.0 Å². The Labute approximate surface area is 196 Å². The summed E-state index contributed by atoms with van der Waals surface area (Å²) < 4.78 is 0. The molecule has 174 valence electrons. The van der Waals surface area contributed by atoms with Crippen LogP contribution in [0.4, 0.5) is 5.69 Å². The highest BCUT2D eigenvalue weighted by Crippen LogP contribution is 2.35. The summed E-state index contributed by atoms with van der Waals surface area (Å²) in [6, 6.07) is 13.0. The second kappa shape index (κ2) is 9.64. The van der Waals surface area contributed by atoms with Crippen LogP contribution < -0.4 is 4.90 Å². The summed E-state index contributed by atoms with van der Waals surface area (Å²) in [5.41, 5.74) is 3.27. The van der Waals surface area contributed by atoms with Crippen molar-refractivity contribution in [2.75, 3.05) is 18.0 Å². The Balaban J connectivity index is 1.48. The summed E-state index contributed by atoms with van der Waals surface area (Å²) in [5, 5.41) is 0. The van der Waals surface area contributed by atoms with E-state index in [1.54, 1.807) is 6.92 Å². The molecule has 2 atom stereocenters. The number of carbonyl (C=O) groups excluding carboxylic acids is 2. The third-order valence-corrected chi connectivity index (χ3v) is 7.54. The molecule has 2 aromatic rings. The maximum Gasteiger partial charge on any atom is 0.223 e. The van der Waals surface area contributed by atoms with E-state index in [9.17, 15) is 9.59 Å². The lowest BCUT2D eigenvalue weighted by atomic mass is 10.1. The molecule has 0 N–H and O–H groups in total. The van der Waals surface area contributed by atoms with Crippen LogP contribution >= 0.6 is 0 Å². The van der Waals surface area contributed by atoms with Crippen LogP contribution in [0.15, 0.2) is 48.8 Å². The van der Waals surface area contributed by atoms with Crippen molar-refractivity contribution in [3.8, 4) is 0 Å². The van der Waals surface area contributed by atoms with E-state index >= 15 is 0 Å². The molecule has 0 radical (unpaired) electrons. The van der Waals surface area contributed by atoms with Crippen LogP contribution in [-0.4, -0.2) is 51.8 Å². The van der Waals surface area contributed by atoms with Crippen LogP contribution in [0.2, 0.25) is 0 Å². The Morgan fingerprint density at radius 3 is 2.48 bits per heavy atom. The minimum absolute atomic E-state index is 0.0628. The summed E-state index contributed by atoms with van der Waals surface area (Å²) in [6.07, 6.45) is 9.83. The zero-order valence-electron chi connectivity index (χ0n) is 19.5. The molecular formula is C27H34N4O2. The Kier molecular flexibility index (Phi) is 6.45. The smallest absolute Gasteiger partial charge is 0.223 e. The van der Waals surface area contributed by atoms with Crippen LogP contribution in [0.3, 0.4) is 0 Å². The molecule has 33 heavy (non-hydrogen) atoms. The van der Waals surface area contributed by atoms with Gasteiger partial charge in [-0.2, -0.15) is 0 Å². The molecule has 2 bridgehead atoms. The molecule has 1 aliphatic carbocycles. The van der Waals surface area contributed by atoms with Gasteiger partial charge in [0, 0.05) is 69.7 Å². The summed E-state index contributed by atoms with van der Waals surface area (Å²) in [4.78, 5) is 36.8. The van der Waals surface area contributed by atoms with E-state index in [4.69, 9.17) is 0 Å². The largest absolute Gasteiger partial charge is 0.337 e. The van der Waals surface area contributed by atoms with Gasteiger partial charge >= 0.3 is 0 Å². The predicted molar refractivity (Wildman–Crippen MR) is 128 cm³/mol. The minimum Gasteiger partial charge on any atom is -0.337 e. The first-order valence-corrected chi connectivity index (χ1v) is 12.4. The molecule has 2 fully saturated rings. The molecule has 6 nitrogen and oxygen atoms in total. The topological polar surface area (TPSA) is 56.8 Å². The molecule has 1 saturated carbocycles. The van der Waals surface area contributed by atoms with Gasteiger partial charge in [-0.05, 0) is 67.3 Å². The van der Waals surface area contributed by atoms with Crippen molar-refractivity contribution in [3.05, 3.63) is 59.9 Å². The SMILES string of the molecule is CC(=O)N1CCC2CCC(CN(C(=O)CC3CC3)Cc3ccccc31)N2Cc1ccncc1. The average Bonchev–Trinajstić information content (AvgIpc) is 3.55. The number of aromatic nitrogens is 1. The second-order valence-electron chi connectivity index (χ2n) is 9.92. The van der Waals surface area contributed by atoms with Gasteiger partial charge in [0.05, 0.1) is 0 Å². The maximum atomic E-state index is 13.4. The molecule has 2 aliphatic heterocycles. The normalized spacial score (nSPS) is 23.7. The van der Waals surface area contributed by atoms with Gasteiger partial charge in [0.2, 0.25) is 11.8 Å². The molecule has 1 aromatic carbocycles. The van der Waals surface area contributed by atoms with Crippen molar-refractivity contribution >= 4 is 17.5 Å². The lowest BCUT2D eigenvalue weighted by Gasteiger charge is -2.34. The number of anilines is 1. The second-order valence-corrected chi connectivity index (χ2v) is 9.92.